The number of halogens is 1. The van der Waals surface area contributed by atoms with Gasteiger partial charge in [-0.2, -0.15) is 4.98 Å². The van der Waals surface area contributed by atoms with E-state index in [4.69, 9.17) is 16.3 Å². The van der Waals surface area contributed by atoms with Crippen LogP contribution in [0.25, 0.3) is 0 Å². The number of aromatic nitrogens is 2. The van der Waals surface area contributed by atoms with Crippen molar-refractivity contribution in [3.63, 3.8) is 0 Å². The van der Waals surface area contributed by atoms with Gasteiger partial charge in [-0.1, -0.05) is 30.7 Å². The van der Waals surface area contributed by atoms with Gasteiger partial charge in [0.15, 0.2) is 15.7 Å². The number of hydrogen-bond donors (Lipinski definition) is 2. The lowest BCUT2D eigenvalue weighted by molar-refractivity contribution is -0.131. The number of hydrogen-bond acceptors (Lipinski definition) is 8. The average Bonchev–Trinajstić information content (AvgIpc) is 3.36. The molecule has 1 fully saturated rings. The number of amides is 1. The fourth-order valence-corrected chi connectivity index (χ4v) is 7.23. The molecular weight excluding hydrogens is 574 g/mol. The quantitative estimate of drug-likeness (QED) is 0.295. The van der Waals surface area contributed by atoms with Crippen LogP contribution in [0.3, 0.4) is 0 Å². The second-order valence-electron chi connectivity index (χ2n) is 11.3. The topological polar surface area (TPSA) is 114 Å². The molecule has 1 atom stereocenters. The predicted molar refractivity (Wildman–Crippen MR) is 166 cm³/mol. The molecule has 224 valence electrons. The summed E-state index contributed by atoms with van der Waals surface area (Å²) in [6.07, 6.45) is 4.73. The minimum absolute atomic E-state index is 0.0330. The third-order valence-electron chi connectivity index (χ3n) is 8.06. The Morgan fingerprint density at radius 2 is 1.88 bits per heavy atom. The molecule has 0 radical (unpaired) electrons. The minimum atomic E-state index is -3.54. The molecule has 1 amide bonds. The van der Waals surface area contributed by atoms with Crippen LogP contribution in [0, 0.1) is 6.92 Å². The fraction of sp³-hybridized carbons (Fsp3) is 0.452. The highest BCUT2D eigenvalue weighted by Gasteiger charge is 2.32. The lowest BCUT2D eigenvalue weighted by atomic mass is 9.82. The van der Waals surface area contributed by atoms with Crippen LogP contribution >= 0.6 is 11.6 Å². The van der Waals surface area contributed by atoms with E-state index in [0.29, 0.717) is 24.0 Å². The molecule has 11 heteroatoms. The van der Waals surface area contributed by atoms with Crippen molar-refractivity contribution in [3.05, 3.63) is 58.2 Å². The molecule has 2 aliphatic heterocycles. The number of anilines is 4. The van der Waals surface area contributed by atoms with Crippen molar-refractivity contribution in [2.45, 2.75) is 82.5 Å². The van der Waals surface area contributed by atoms with E-state index in [0.717, 1.165) is 49.4 Å². The summed E-state index contributed by atoms with van der Waals surface area (Å²) >= 11 is 6.45. The van der Waals surface area contributed by atoms with Crippen molar-refractivity contribution < 1.29 is 17.9 Å². The lowest BCUT2D eigenvalue weighted by Crippen LogP contribution is -2.37. The molecule has 2 aromatic carbocycles. The van der Waals surface area contributed by atoms with Gasteiger partial charge >= 0.3 is 0 Å². The summed E-state index contributed by atoms with van der Waals surface area (Å²) < 4.78 is 32.2. The number of likely N-dealkylation sites (tertiary alicyclic amines) is 1. The number of carbonyl (C=O) groups excluding carboxylic acids is 1. The van der Waals surface area contributed by atoms with E-state index in [2.05, 4.69) is 40.5 Å². The number of carbonyl (C=O) groups is 1. The van der Waals surface area contributed by atoms with E-state index in [1.54, 1.807) is 38.1 Å². The van der Waals surface area contributed by atoms with Gasteiger partial charge < -0.3 is 20.3 Å². The first kappa shape index (κ1) is 30.1. The van der Waals surface area contributed by atoms with Gasteiger partial charge in [-0.15, -0.1) is 0 Å². The number of nitrogens with zero attached hydrogens (tertiary/aromatic N) is 3. The van der Waals surface area contributed by atoms with E-state index in [1.165, 1.54) is 17.3 Å². The molecule has 2 N–H and O–H groups in total. The smallest absolute Gasteiger partial charge is 0.229 e. The van der Waals surface area contributed by atoms with E-state index in [-0.39, 0.29) is 27.7 Å². The van der Waals surface area contributed by atoms with Gasteiger partial charge in [0.2, 0.25) is 11.9 Å². The molecular formula is C31H38ClN5O4S. The van der Waals surface area contributed by atoms with Crippen LogP contribution in [0.1, 0.15) is 69.6 Å². The molecule has 0 spiro atoms. The Morgan fingerprint density at radius 3 is 2.57 bits per heavy atom. The Morgan fingerprint density at radius 1 is 1.17 bits per heavy atom. The maximum absolute atomic E-state index is 13.0. The van der Waals surface area contributed by atoms with Gasteiger partial charge in [0, 0.05) is 31.5 Å². The number of ether oxygens (including phenoxy) is 1. The zero-order valence-electron chi connectivity index (χ0n) is 24.7. The monoisotopic (exact) mass is 611 g/mol. The Labute approximate surface area is 253 Å². The van der Waals surface area contributed by atoms with Crippen LogP contribution in [-0.4, -0.2) is 53.6 Å². The Hall–Kier alpha value is -3.37. The summed E-state index contributed by atoms with van der Waals surface area (Å²) in [5.74, 6) is 1.97. The van der Waals surface area contributed by atoms with E-state index in [9.17, 15) is 13.2 Å². The summed E-state index contributed by atoms with van der Waals surface area (Å²) in [4.78, 5) is 23.3. The van der Waals surface area contributed by atoms with E-state index in [1.807, 2.05) is 11.8 Å². The van der Waals surface area contributed by atoms with Crippen molar-refractivity contribution in [1.29, 1.82) is 0 Å². The lowest BCUT2D eigenvalue weighted by Gasteiger charge is -2.33. The maximum atomic E-state index is 13.0. The Bertz CT molecular complexity index is 1600. The second-order valence-corrected chi connectivity index (χ2v) is 14.2. The molecule has 9 nitrogen and oxygen atoms in total. The first-order valence-electron chi connectivity index (χ1n) is 14.5. The zero-order valence-corrected chi connectivity index (χ0v) is 26.3. The molecule has 2 aliphatic rings. The third kappa shape index (κ3) is 5.92. The number of rotatable bonds is 8. The minimum Gasteiger partial charge on any atom is -0.488 e. The Balaban J connectivity index is 1.43. The van der Waals surface area contributed by atoms with Gasteiger partial charge in [0.25, 0.3) is 0 Å². The molecule has 1 aromatic heterocycles. The van der Waals surface area contributed by atoms with Crippen LogP contribution in [0.4, 0.5) is 23.1 Å². The van der Waals surface area contributed by atoms with Crippen molar-refractivity contribution in [3.8, 4) is 5.75 Å². The molecule has 1 saturated heterocycles. The number of sulfone groups is 1. The molecule has 0 saturated carbocycles. The van der Waals surface area contributed by atoms with E-state index >= 15 is 0 Å². The normalized spacial score (nSPS) is 17.2. The van der Waals surface area contributed by atoms with E-state index < -0.39 is 15.1 Å². The zero-order chi connectivity index (χ0) is 30.2. The standard InChI is InChI=1S/C31H38ClN5O4S/c1-6-27(38)37-13-11-21(12-14-37)28-19(4)15-25(29-22(28)16-20(5)41-29)35-31-33-17-23(32)30(36-31)34-24-9-7-8-10-26(24)42(39,40)18(2)3/h7-10,15,17-18,20-21H,6,11-14,16H2,1-5H3,(H2,33,34,35,36). The second kappa shape index (κ2) is 12.1. The number of nitrogens with one attached hydrogen (secondary N) is 2. The Kier molecular flexibility index (Phi) is 8.66. The van der Waals surface area contributed by atoms with Crippen molar-refractivity contribution in [2.75, 3.05) is 23.7 Å². The van der Waals surface area contributed by atoms with Gasteiger partial charge in [-0.3, -0.25) is 4.79 Å². The van der Waals surface area contributed by atoms with Crippen molar-refractivity contribution in [2.24, 2.45) is 0 Å². The summed E-state index contributed by atoms with van der Waals surface area (Å²) in [7, 11) is -3.54. The van der Waals surface area contributed by atoms with Crippen molar-refractivity contribution in [1.82, 2.24) is 14.9 Å². The summed E-state index contributed by atoms with van der Waals surface area (Å²) in [5, 5.41) is 6.10. The van der Waals surface area contributed by atoms with Crippen LogP contribution < -0.4 is 15.4 Å². The summed E-state index contributed by atoms with van der Waals surface area (Å²) in [6.45, 7) is 10.9. The van der Waals surface area contributed by atoms with Gasteiger partial charge in [-0.25, -0.2) is 13.4 Å². The highest BCUT2D eigenvalue weighted by atomic mass is 35.5. The first-order chi connectivity index (χ1) is 20.0. The summed E-state index contributed by atoms with van der Waals surface area (Å²) in [5.41, 5.74) is 4.85. The fourth-order valence-electron chi connectivity index (χ4n) is 5.89. The molecule has 3 heterocycles. The molecule has 0 bridgehead atoms. The highest BCUT2D eigenvalue weighted by molar-refractivity contribution is 7.92. The number of benzene rings is 2. The first-order valence-corrected chi connectivity index (χ1v) is 16.4. The predicted octanol–water partition coefficient (Wildman–Crippen LogP) is 6.55. The average molecular weight is 612 g/mol. The van der Waals surface area contributed by atoms with Crippen LogP contribution in [-0.2, 0) is 21.1 Å². The molecule has 5 rings (SSSR count). The van der Waals surface area contributed by atoms with Gasteiger partial charge in [0.1, 0.15) is 16.9 Å². The number of para-hydroxylation sites is 1. The van der Waals surface area contributed by atoms with Gasteiger partial charge in [-0.05, 0) is 75.8 Å². The largest absolute Gasteiger partial charge is 0.488 e. The highest BCUT2D eigenvalue weighted by Crippen LogP contribution is 2.46. The molecule has 3 aromatic rings. The maximum Gasteiger partial charge on any atom is 0.229 e. The molecule has 1 unspecified atom stereocenters. The number of fused-ring (bicyclic) bond motifs is 1. The summed E-state index contributed by atoms with van der Waals surface area (Å²) in [6, 6.07) is 8.78. The van der Waals surface area contributed by atoms with Crippen LogP contribution in [0.5, 0.6) is 5.75 Å². The molecule has 42 heavy (non-hydrogen) atoms. The van der Waals surface area contributed by atoms with Crippen molar-refractivity contribution >= 4 is 50.5 Å². The SMILES string of the molecule is CCC(=O)N1CCC(c2c(C)cc(Nc3ncc(Cl)c(Nc4ccccc4S(=O)(=O)C(C)C)n3)c3c2CC(C)O3)CC1. The third-order valence-corrected chi connectivity index (χ3v) is 10.5. The van der Waals surface area contributed by atoms with Gasteiger partial charge in [0.05, 0.1) is 27.7 Å². The van der Waals surface area contributed by atoms with Crippen LogP contribution in [0.15, 0.2) is 41.4 Å². The number of piperidine rings is 1. The molecule has 0 aliphatic carbocycles. The van der Waals surface area contributed by atoms with Crippen LogP contribution in [0.2, 0.25) is 5.02 Å². The number of aryl methyl sites for hydroxylation is 1.